The molecule has 1 aromatic heterocycles. The third kappa shape index (κ3) is 5.11. The first-order valence-corrected chi connectivity index (χ1v) is 8.92. The summed E-state index contributed by atoms with van der Waals surface area (Å²) in [6.07, 6.45) is 1.76. The number of aliphatic carboxylic acids is 1. The van der Waals surface area contributed by atoms with Gasteiger partial charge in [-0.2, -0.15) is 0 Å². The number of ether oxygens (including phenoxy) is 1. The third-order valence-electron chi connectivity index (χ3n) is 3.93. The van der Waals surface area contributed by atoms with Crippen molar-refractivity contribution in [3.63, 3.8) is 0 Å². The summed E-state index contributed by atoms with van der Waals surface area (Å²) >= 11 is 5.87. The Balaban J connectivity index is 1.70. The first-order valence-electron chi connectivity index (χ1n) is 8.54. The van der Waals surface area contributed by atoms with E-state index >= 15 is 0 Å². The minimum atomic E-state index is -1.18. The molecule has 8 heteroatoms. The van der Waals surface area contributed by atoms with Gasteiger partial charge in [0.05, 0.1) is 24.1 Å². The van der Waals surface area contributed by atoms with Gasteiger partial charge in [0.2, 0.25) is 5.91 Å². The van der Waals surface area contributed by atoms with Crippen molar-refractivity contribution in [1.82, 2.24) is 14.9 Å². The van der Waals surface area contributed by atoms with Gasteiger partial charge in [0.25, 0.3) is 0 Å². The summed E-state index contributed by atoms with van der Waals surface area (Å²) in [6.45, 7) is 1.10. The van der Waals surface area contributed by atoms with Gasteiger partial charge in [-0.1, -0.05) is 23.7 Å². The maximum Gasteiger partial charge on any atom is 0.328 e. The van der Waals surface area contributed by atoms with Gasteiger partial charge in [0.15, 0.2) is 0 Å². The Morgan fingerprint density at radius 1 is 1.14 bits per heavy atom. The Bertz CT molecular complexity index is 1010. The van der Waals surface area contributed by atoms with E-state index < -0.39 is 11.9 Å². The molecule has 0 aliphatic rings. The van der Waals surface area contributed by atoms with Crippen LogP contribution in [-0.4, -0.2) is 33.1 Å². The summed E-state index contributed by atoms with van der Waals surface area (Å²) in [5.41, 5.74) is 1.73. The quantitative estimate of drug-likeness (QED) is 0.568. The molecule has 0 bridgehead atoms. The van der Waals surface area contributed by atoms with Crippen LogP contribution in [0.2, 0.25) is 5.02 Å². The van der Waals surface area contributed by atoms with Crippen LogP contribution in [0.25, 0.3) is 11.0 Å². The number of carboxylic acid groups (broad SMARTS) is 1. The minimum Gasteiger partial charge on any atom is -0.492 e. The Hall–Kier alpha value is -3.32. The molecule has 0 aliphatic heterocycles. The van der Waals surface area contributed by atoms with E-state index in [1.54, 1.807) is 24.3 Å². The smallest absolute Gasteiger partial charge is 0.328 e. The average Bonchev–Trinajstić information content (AvgIpc) is 3.04. The predicted molar refractivity (Wildman–Crippen MR) is 105 cm³/mol. The van der Waals surface area contributed by atoms with Crippen molar-refractivity contribution in [3.8, 4) is 5.75 Å². The van der Waals surface area contributed by atoms with Crippen LogP contribution in [0.15, 0.2) is 60.7 Å². The number of carbonyl (C=O) groups excluding carboxylic acids is 1. The largest absolute Gasteiger partial charge is 0.492 e. The number of carbonyl (C=O) groups is 2. The summed E-state index contributed by atoms with van der Waals surface area (Å²) in [7, 11) is 0. The van der Waals surface area contributed by atoms with E-state index in [1.165, 1.54) is 0 Å². The number of carboxylic acids is 1. The van der Waals surface area contributed by atoms with E-state index in [1.807, 2.05) is 28.8 Å². The first kappa shape index (κ1) is 19.4. The van der Waals surface area contributed by atoms with Gasteiger partial charge >= 0.3 is 5.97 Å². The SMILES string of the molecule is O=C(O)/C=C/C(=O)NCc1nc2ccccc2n1CCOc1ccc(Cl)cc1. The predicted octanol–water partition coefficient (Wildman–Crippen LogP) is 3.03. The van der Waals surface area contributed by atoms with Gasteiger partial charge < -0.3 is 19.7 Å². The maximum absolute atomic E-state index is 11.7. The highest BCUT2D eigenvalue weighted by Crippen LogP contribution is 2.18. The number of amides is 1. The van der Waals surface area contributed by atoms with Crippen LogP contribution in [0.4, 0.5) is 0 Å². The van der Waals surface area contributed by atoms with Crippen LogP contribution < -0.4 is 10.1 Å². The molecule has 0 saturated heterocycles. The molecule has 144 valence electrons. The monoisotopic (exact) mass is 399 g/mol. The van der Waals surface area contributed by atoms with E-state index in [2.05, 4.69) is 10.3 Å². The van der Waals surface area contributed by atoms with Crippen molar-refractivity contribution >= 4 is 34.5 Å². The van der Waals surface area contributed by atoms with Crippen molar-refractivity contribution in [1.29, 1.82) is 0 Å². The number of para-hydroxylation sites is 2. The fourth-order valence-electron chi connectivity index (χ4n) is 2.67. The average molecular weight is 400 g/mol. The summed E-state index contributed by atoms with van der Waals surface area (Å²) in [6, 6.07) is 14.8. The van der Waals surface area contributed by atoms with Crippen LogP contribution >= 0.6 is 11.6 Å². The molecule has 1 heterocycles. The molecule has 2 aromatic carbocycles. The first-order chi connectivity index (χ1) is 13.5. The zero-order valence-corrected chi connectivity index (χ0v) is 15.6. The molecule has 7 nitrogen and oxygen atoms in total. The standard InChI is InChI=1S/C20H18ClN3O4/c21-14-5-7-15(8-6-14)28-12-11-24-17-4-2-1-3-16(17)23-18(24)13-22-19(25)9-10-20(26)27/h1-10H,11-13H2,(H,22,25)(H,26,27)/b10-9+. The van der Waals surface area contributed by atoms with E-state index in [9.17, 15) is 9.59 Å². The van der Waals surface area contributed by atoms with Gasteiger partial charge in [0.1, 0.15) is 18.2 Å². The third-order valence-corrected chi connectivity index (χ3v) is 4.18. The van der Waals surface area contributed by atoms with Crippen LogP contribution in [0.3, 0.4) is 0 Å². The number of benzene rings is 2. The number of aromatic nitrogens is 2. The molecule has 0 fully saturated rings. The Morgan fingerprint density at radius 3 is 2.64 bits per heavy atom. The van der Waals surface area contributed by atoms with Crippen LogP contribution in [0, 0.1) is 0 Å². The molecule has 1 amide bonds. The molecule has 3 rings (SSSR count). The highest BCUT2D eigenvalue weighted by Gasteiger charge is 2.11. The second-order valence-electron chi connectivity index (χ2n) is 5.86. The molecule has 28 heavy (non-hydrogen) atoms. The number of rotatable bonds is 8. The second-order valence-corrected chi connectivity index (χ2v) is 6.30. The van der Waals surface area contributed by atoms with Crippen LogP contribution in [0.5, 0.6) is 5.75 Å². The lowest BCUT2D eigenvalue weighted by atomic mass is 10.3. The lowest BCUT2D eigenvalue weighted by Gasteiger charge is -2.11. The number of imidazole rings is 1. The van der Waals surface area contributed by atoms with Crippen molar-refractivity contribution in [2.24, 2.45) is 0 Å². The Kier molecular flexibility index (Phi) is 6.29. The highest BCUT2D eigenvalue weighted by atomic mass is 35.5. The number of hydrogen-bond acceptors (Lipinski definition) is 4. The number of halogens is 1. The van der Waals surface area contributed by atoms with Crippen molar-refractivity contribution in [2.45, 2.75) is 13.1 Å². The molecule has 3 aromatic rings. The normalized spacial score (nSPS) is 11.0. The molecule has 0 radical (unpaired) electrons. The van der Waals surface area contributed by atoms with Gasteiger partial charge in [-0.3, -0.25) is 4.79 Å². The van der Waals surface area contributed by atoms with Crippen molar-refractivity contribution < 1.29 is 19.4 Å². The van der Waals surface area contributed by atoms with Crippen molar-refractivity contribution in [3.05, 3.63) is 71.5 Å². The molecular formula is C20H18ClN3O4. The van der Waals surface area contributed by atoms with Crippen molar-refractivity contribution in [2.75, 3.05) is 6.61 Å². The molecular weight excluding hydrogens is 382 g/mol. The summed E-state index contributed by atoms with van der Waals surface area (Å²) in [5.74, 6) is -0.319. The lowest BCUT2D eigenvalue weighted by molar-refractivity contribution is -0.131. The summed E-state index contributed by atoms with van der Waals surface area (Å²) < 4.78 is 7.72. The Morgan fingerprint density at radius 2 is 1.89 bits per heavy atom. The molecule has 0 aliphatic carbocycles. The zero-order chi connectivity index (χ0) is 19.9. The summed E-state index contributed by atoms with van der Waals surface area (Å²) in [5, 5.41) is 11.9. The highest BCUT2D eigenvalue weighted by molar-refractivity contribution is 6.30. The Labute approximate surface area is 166 Å². The lowest BCUT2D eigenvalue weighted by Crippen LogP contribution is -2.23. The fraction of sp³-hybridized carbons (Fsp3) is 0.150. The molecule has 2 N–H and O–H groups in total. The molecule has 0 saturated carbocycles. The topological polar surface area (TPSA) is 93.5 Å². The maximum atomic E-state index is 11.7. The molecule has 0 unspecified atom stereocenters. The van der Waals surface area contributed by atoms with Gasteiger partial charge in [-0.15, -0.1) is 0 Å². The van der Waals surface area contributed by atoms with Gasteiger partial charge in [-0.25, -0.2) is 9.78 Å². The molecule has 0 spiro atoms. The number of nitrogens with one attached hydrogen (secondary N) is 1. The number of hydrogen-bond donors (Lipinski definition) is 2. The number of fused-ring (bicyclic) bond motifs is 1. The number of nitrogens with zero attached hydrogens (tertiary/aromatic N) is 2. The minimum absolute atomic E-state index is 0.165. The van der Waals surface area contributed by atoms with Crippen LogP contribution in [-0.2, 0) is 22.7 Å². The van der Waals surface area contributed by atoms with E-state index in [0.717, 1.165) is 23.2 Å². The zero-order valence-electron chi connectivity index (χ0n) is 14.8. The summed E-state index contributed by atoms with van der Waals surface area (Å²) in [4.78, 5) is 26.8. The van der Waals surface area contributed by atoms with E-state index in [-0.39, 0.29) is 6.54 Å². The van der Waals surface area contributed by atoms with Gasteiger partial charge in [-0.05, 0) is 36.4 Å². The second kappa shape index (κ2) is 9.05. The van der Waals surface area contributed by atoms with Gasteiger partial charge in [0, 0.05) is 17.2 Å². The fourth-order valence-corrected chi connectivity index (χ4v) is 2.79. The van der Waals surface area contributed by atoms with Crippen LogP contribution in [0.1, 0.15) is 5.82 Å². The van der Waals surface area contributed by atoms with E-state index in [0.29, 0.717) is 29.7 Å². The van der Waals surface area contributed by atoms with E-state index in [4.69, 9.17) is 21.4 Å². The molecule has 0 atom stereocenters.